The Kier molecular flexibility index (Phi) is 11.4. The van der Waals surface area contributed by atoms with E-state index in [0.29, 0.717) is 0 Å². The maximum atomic E-state index is 12.2. The molecule has 0 aromatic carbocycles. The molecule has 0 radical (unpaired) electrons. The topological polar surface area (TPSA) is 76.8 Å². The molecule has 6 nitrogen and oxygen atoms in total. The minimum atomic E-state index is -0.411. The molecule has 2 aliphatic heterocycles. The third kappa shape index (κ3) is 6.98. The summed E-state index contributed by atoms with van der Waals surface area (Å²) >= 11 is 0. The maximum absolute atomic E-state index is 12.2. The van der Waals surface area contributed by atoms with Crippen LogP contribution in [0.1, 0.15) is 19.8 Å². The van der Waals surface area contributed by atoms with Crippen molar-refractivity contribution in [1.29, 1.82) is 0 Å². The Morgan fingerprint density at radius 2 is 1.73 bits per heavy atom. The first kappa shape index (κ1) is 21.9. The Hall–Kier alpha value is -0.110. The first-order chi connectivity index (χ1) is 9.66. The lowest BCUT2D eigenvalue weighted by molar-refractivity contribution is -0.125. The fourth-order valence-corrected chi connectivity index (χ4v) is 2.84. The summed E-state index contributed by atoms with van der Waals surface area (Å²) in [7, 11) is 0. The molecule has 8 heteroatoms. The SMILES string of the molecule is CC(CN1CCOCC1)NC(=O)C(N)C1CCOCC1.Cl.Cl. The standard InChI is InChI=1S/C14H27N3O3.2ClH/c1-11(10-17-4-8-20-9-5-17)16-14(18)13(15)12-2-6-19-7-3-12;;/h11-13H,2-10,15H2,1H3,(H,16,18);2*1H. The lowest BCUT2D eigenvalue weighted by Gasteiger charge is -2.31. The van der Waals surface area contributed by atoms with Crippen LogP contribution in [-0.2, 0) is 14.3 Å². The van der Waals surface area contributed by atoms with Crippen molar-refractivity contribution < 1.29 is 14.3 Å². The summed E-state index contributed by atoms with van der Waals surface area (Å²) in [5.74, 6) is 0.219. The van der Waals surface area contributed by atoms with Gasteiger partial charge in [-0.25, -0.2) is 0 Å². The van der Waals surface area contributed by atoms with Crippen LogP contribution in [0, 0.1) is 5.92 Å². The fraction of sp³-hybridized carbons (Fsp3) is 0.929. The molecule has 2 heterocycles. The summed E-state index contributed by atoms with van der Waals surface area (Å²) in [5.41, 5.74) is 6.07. The van der Waals surface area contributed by atoms with E-state index in [4.69, 9.17) is 15.2 Å². The minimum Gasteiger partial charge on any atom is -0.381 e. The number of hydrogen-bond acceptors (Lipinski definition) is 5. The van der Waals surface area contributed by atoms with E-state index in [0.717, 1.165) is 58.9 Å². The number of morpholine rings is 1. The fourth-order valence-electron chi connectivity index (χ4n) is 2.84. The molecule has 2 saturated heterocycles. The zero-order valence-electron chi connectivity index (χ0n) is 13.2. The predicted molar refractivity (Wildman–Crippen MR) is 90.9 cm³/mol. The highest BCUT2D eigenvalue weighted by Gasteiger charge is 2.27. The van der Waals surface area contributed by atoms with Crippen molar-refractivity contribution in [3.63, 3.8) is 0 Å². The number of ether oxygens (including phenoxy) is 2. The van der Waals surface area contributed by atoms with Gasteiger partial charge < -0.3 is 20.5 Å². The Labute approximate surface area is 145 Å². The second kappa shape index (κ2) is 11.4. The molecular weight excluding hydrogens is 329 g/mol. The van der Waals surface area contributed by atoms with E-state index in [9.17, 15) is 4.79 Å². The van der Waals surface area contributed by atoms with Gasteiger partial charge >= 0.3 is 0 Å². The Morgan fingerprint density at radius 1 is 1.18 bits per heavy atom. The molecule has 2 atom stereocenters. The van der Waals surface area contributed by atoms with E-state index in [-0.39, 0.29) is 42.7 Å². The van der Waals surface area contributed by atoms with Gasteiger partial charge in [0.1, 0.15) is 0 Å². The number of nitrogens with one attached hydrogen (secondary N) is 1. The summed E-state index contributed by atoms with van der Waals surface area (Å²) in [6, 6.07) is -0.294. The van der Waals surface area contributed by atoms with Gasteiger partial charge in [-0.2, -0.15) is 0 Å². The number of hydrogen-bond donors (Lipinski definition) is 2. The van der Waals surface area contributed by atoms with Crippen molar-refractivity contribution in [2.75, 3.05) is 46.1 Å². The summed E-state index contributed by atoms with van der Waals surface area (Å²) in [4.78, 5) is 14.5. The van der Waals surface area contributed by atoms with Gasteiger partial charge in [-0.15, -0.1) is 24.8 Å². The second-order valence-electron chi connectivity index (χ2n) is 5.80. The van der Waals surface area contributed by atoms with Crippen molar-refractivity contribution in [2.45, 2.75) is 31.8 Å². The van der Waals surface area contributed by atoms with Crippen molar-refractivity contribution in [1.82, 2.24) is 10.2 Å². The van der Waals surface area contributed by atoms with Gasteiger partial charge in [-0.1, -0.05) is 0 Å². The van der Waals surface area contributed by atoms with E-state index in [1.165, 1.54) is 0 Å². The number of nitrogens with zero attached hydrogens (tertiary/aromatic N) is 1. The van der Waals surface area contributed by atoms with E-state index in [1.54, 1.807) is 0 Å². The third-order valence-corrected chi connectivity index (χ3v) is 4.10. The van der Waals surface area contributed by atoms with Gasteiger partial charge in [0.2, 0.25) is 5.91 Å². The normalized spacial score (nSPS) is 22.8. The minimum absolute atomic E-state index is 0. The highest BCUT2D eigenvalue weighted by molar-refractivity contribution is 5.85. The first-order valence-corrected chi connectivity index (χ1v) is 7.60. The molecule has 1 amide bonds. The highest BCUT2D eigenvalue weighted by atomic mass is 35.5. The van der Waals surface area contributed by atoms with Gasteiger partial charge in [-0.05, 0) is 25.7 Å². The molecule has 132 valence electrons. The molecule has 0 aromatic heterocycles. The van der Waals surface area contributed by atoms with Gasteiger partial charge in [0, 0.05) is 38.9 Å². The quantitative estimate of drug-likeness (QED) is 0.745. The van der Waals surface area contributed by atoms with E-state index in [1.807, 2.05) is 6.92 Å². The van der Waals surface area contributed by atoms with Crippen LogP contribution in [0.3, 0.4) is 0 Å². The Morgan fingerprint density at radius 3 is 2.32 bits per heavy atom. The lowest BCUT2D eigenvalue weighted by Crippen LogP contribution is -2.52. The van der Waals surface area contributed by atoms with Crippen LogP contribution in [0.25, 0.3) is 0 Å². The van der Waals surface area contributed by atoms with E-state index >= 15 is 0 Å². The molecule has 0 bridgehead atoms. The monoisotopic (exact) mass is 357 g/mol. The molecule has 3 N–H and O–H groups in total. The number of carbonyl (C=O) groups is 1. The van der Waals surface area contributed by atoms with Crippen molar-refractivity contribution in [3.05, 3.63) is 0 Å². The lowest BCUT2D eigenvalue weighted by atomic mass is 9.91. The van der Waals surface area contributed by atoms with Crippen molar-refractivity contribution in [2.24, 2.45) is 11.7 Å². The van der Waals surface area contributed by atoms with Crippen LogP contribution in [0.5, 0.6) is 0 Å². The molecule has 2 unspecified atom stereocenters. The van der Waals surface area contributed by atoms with E-state index < -0.39 is 6.04 Å². The largest absolute Gasteiger partial charge is 0.381 e. The molecular formula is C14H29Cl2N3O3. The molecule has 2 fully saturated rings. The number of rotatable bonds is 5. The molecule has 0 aliphatic carbocycles. The van der Waals surface area contributed by atoms with Crippen LogP contribution in [0.2, 0.25) is 0 Å². The van der Waals surface area contributed by atoms with Crippen LogP contribution in [0.15, 0.2) is 0 Å². The number of nitrogens with two attached hydrogens (primary N) is 1. The smallest absolute Gasteiger partial charge is 0.237 e. The summed E-state index contributed by atoms with van der Waals surface area (Å²) < 4.78 is 10.6. The maximum Gasteiger partial charge on any atom is 0.237 e. The van der Waals surface area contributed by atoms with Crippen LogP contribution in [0.4, 0.5) is 0 Å². The van der Waals surface area contributed by atoms with Gasteiger partial charge in [0.25, 0.3) is 0 Å². The average molecular weight is 358 g/mol. The second-order valence-corrected chi connectivity index (χ2v) is 5.80. The third-order valence-electron chi connectivity index (χ3n) is 4.10. The summed E-state index contributed by atoms with van der Waals surface area (Å²) in [6.07, 6.45) is 1.76. The Bertz CT molecular complexity index is 312. The summed E-state index contributed by atoms with van der Waals surface area (Å²) in [5, 5.41) is 3.04. The predicted octanol–water partition coefficient (Wildman–Crippen LogP) is 0.421. The zero-order chi connectivity index (χ0) is 14.4. The molecule has 2 rings (SSSR count). The zero-order valence-corrected chi connectivity index (χ0v) is 14.8. The molecule has 0 spiro atoms. The van der Waals surface area contributed by atoms with Crippen LogP contribution >= 0.6 is 24.8 Å². The van der Waals surface area contributed by atoms with Crippen molar-refractivity contribution in [3.8, 4) is 0 Å². The summed E-state index contributed by atoms with van der Waals surface area (Å²) in [6.45, 7) is 7.76. The first-order valence-electron chi connectivity index (χ1n) is 7.60. The molecule has 2 aliphatic rings. The van der Waals surface area contributed by atoms with Crippen LogP contribution < -0.4 is 11.1 Å². The highest BCUT2D eigenvalue weighted by Crippen LogP contribution is 2.17. The van der Waals surface area contributed by atoms with E-state index in [2.05, 4.69) is 10.2 Å². The Balaban J connectivity index is 0.00000220. The number of carbonyl (C=O) groups excluding carboxylic acids is 1. The van der Waals surface area contributed by atoms with Gasteiger partial charge in [0.15, 0.2) is 0 Å². The molecule has 22 heavy (non-hydrogen) atoms. The van der Waals surface area contributed by atoms with Gasteiger partial charge in [-0.3, -0.25) is 9.69 Å². The van der Waals surface area contributed by atoms with Crippen LogP contribution in [-0.4, -0.2) is 69.0 Å². The average Bonchev–Trinajstić information content (AvgIpc) is 2.48. The molecule has 0 aromatic rings. The molecule has 0 saturated carbocycles. The number of halogens is 2. The number of amides is 1. The van der Waals surface area contributed by atoms with Crippen molar-refractivity contribution >= 4 is 30.7 Å². The van der Waals surface area contributed by atoms with Gasteiger partial charge in [0.05, 0.1) is 19.3 Å².